The van der Waals surface area contributed by atoms with Crippen LogP contribution in [0.5, 0.6) is 0 Å². The first-order valence-electron chi connectivity index (χ1n) is 10.0. The molecule has 1 amide bonds. The smallest absolute Gasteiger partial charge is 0.369 e. The lowest BCUT2D eigenvalue weighted by Crippen LogP contribution is -2.48. The number of fused-ring (bicyclic) bond motifs is 1. The lowest BCUT2D eigenvalue weighted by atomic mass is 10.1. The number of halogens is 4. The average molecular weight is 488 g/mol. The van der Waals surface area contributed by atoms with Crippen LogP contribution in [0.4, 0.5) is 24.5 Å². The van der Waals surface area contributed by atoms with Crippen molar-refractivity contribution in [1.29, 1.82) is 0 Å². The third-order valence-corrected chi connectivity index (χ3v) is 7.89. The van der Waals surface area contributed by atoms with E-state index in [4.69, 9.17) is 11.6 Å². The van der Waals surface area contributed by atoms with Crippen molar-refractivity contribution in [2.45, 2.75) is 24.4 Å². The van der Waals surface area contributed by atoms with Gasteiger partial charge in [0.1, 0.15) is 0 Å². The monoisotopic (exact) mass is 487 g/mol. The third kappa shape index (κ3) is 4.31. The second-order valence-corrected chi connectivity index (χ2v) is 10.2. The van der Waals surface area contributed by atoms with Gasteiger partial charge in [-0.15, -0.1) is 0 Å². The number of carbonyl (C=O) groups is 1. The van der Waals surface area contributed by atoms with Crippen LogP contribution in [0.2, 0.25) is 5.02 Å². The van der Waals surface area contributed by atoms with E-state index in [1.54, 1.807) is 21.9 Å². The van der Waals surface area contributed by atoms with Gasteiger partial charge >= 0.3 is 6.18 Å². The van der Waals surface area contributed by atoms with Crippen LogP contribution in [-0.4, -0.2) is 51.4 Å². The van der Waals surface area contributed by atoms with Gasteiger partial charge in [0.2, 0.25) is 15.9 Å². The zero-order valence-electron chi connectivity index (χ0n) is 17.2. The summed E-state index contributed by atoms with van der Waals surface area (Å²) in [5, 5.41) is -0.0254. The zero-order valence-corrected chi connectivity index (χ0v) is 18.8. The number of amides is 1. The molecule has 172 valence electrons. The second kappa shape index (κ2) is 8.24. The van der Waals surface area contributed by atoms with Crippen molar-refractivity contribution < 1.29 is 26.4 Å². The zero-order chi connectivity index (χ0) is 23.3. The summed E-state index contributed by atoms with van der Waals surface area (Å²) < 4.78 is 66.9. The van der Waals surface area contributed by atoms with E-state index in [0.717, 1.165) is 23.4 Å². The number of hydrogen-bond acceptors (Lipinski definition) is 4. The maximum Gasteiger partial charge on any atom is 0.416 e. The number of hydrogen-bond donors (Lipinski definition) is 0. The Morgan fingerprint density at radius 1 is 1.00 bits per heavy atom. The molecule has 4 rings (SSSR count). The van der Waals surface area contributed by atoms with E-state index >= 15 is 0 Å². The van der Waals surface area contributed by atoms with E-state index in [1.807, 2.05) is 0 Å². The second-order valence-electron chi connectivity index (χ2n) is 7.80. The van der Waals surface area contributed by atoms with Crippen molar-refractivity contribution in [2.24, 2.45) is 0 Å². The van der Waals surface area contributed by atoms with Gasteiger partial charge in [-0.2, -0.15) is 17.5 Å². The molecule has 2 aliphatic rings. The fourth-order valence-corrected chi connectivity index (χ4v) is 5.82. The highest BCUT2D eigenvalue weighted by Gasteiger charge is 2.34. The van der Waals surface area contributed by atoms with Crippen LogP contribution in [0.1, 0.15) is 18.1 Å². The van der Waals surface area contributed by atoms with E-state index in [1.165, 1.54) is 23.4 Å². The molecule has 0 radical (unpaired) electrons. The summed E-state index contributed by atoms with van der Waals surface area (Å²) in [6, 6.07) is 8.09. The fourth-order valence-electron chi connectivity index (χ4n) is 4.12. The molecule has 0 unspecified atom stereocenters. The Balaban J connectivity index is 1.50. The van der Waals surface area contributed by atoms with Crippen LogP contribution >= 0.6 is 11.6 Å². The molecular formula is C21H21ClF3N3O3S. The summed E-state index contributed by atoms with van der Waals surface area (Å²) in [4.78, 5) is 15.2. The van der Waals surface area contributed by atoms with Crippen molar-refractivity contribution >= 4 is 38.9 Å². The topological polar surface area (TPSA) is 60.9 Å². The molecule has 2 aromatic carbocycles. The summed E-state index contributed by atoms with van der Waals surface area (Å²) in [6.45, 7) is 2.72. The molecule has 2 aliphatic heterocycles. The number of anilines is 2. The molecule has 32 heavy (non-hydrogen) atoms. The Hall–Kier alpha value is -2.30. The van der Waals surface area contributed by atoms with Crippen LogP contribution in [0.25, 0.3) is 0 Å². The minimum absolute atomic E-state index is 0.0254. The lowest BCUT2D eigenvalue weighted by Gasteiger charge is -2.35. The Labute approximate surface area is 189 Å². The van der Waals surface area contributed by atoms with Crippen molar-refractivity contribution in [2.75, 3.05) is 42.5 Å². The predicted molar refractivity (Wildman–Crippen MR) is 116 cm³/mol. The summed E-state index contributed by atoms with van der Waals surface area (Å²) in [5.41, 5.74) is 0.998. The Bertz CT molecular complexity index is 1160. The van der Waals surface area contributed by atoms with Crippen LogP contribution < -0.4 is 9.80 Å². The predicted octanol–water partition coefficient (Wildman–Crippen LogP) is 3.78. The molecule has 1 saturated heterocycles. The quantitative estimate of drug-likeness (QED) is 0.661. The van der Waals surface area contributed by atoms with Gasteiger partial charge in [0.15, 0.2) is 0 Å². The standard InChI is InChI=1S/C21H21ClF3N3O3S/c1-14(29)28-5-4-15-10-19(2-3-20(15)28)32(30,31)27-8-6-26(7-9-27)18-12-16(21(23,24)25)11-17(22)13-18/h2-3,10-13H,4-9H2,1H3. The summed E-state index contributed by atoms with van der Waals surface area (Å²) in [7, 11) is -3.77. The molecule has 11 heteroatoms. The third-order valence-electron chi connectivity index (χ3n) is 5.78. The molecule has 0 bridgehead atoms. The Kier molecular flexibility index (Phi) is 5.89. The van der Waals surface area contributed by atoms with Gasteiger partial charge < -0.3 is 9.80 Å². The summed E-state index contributed by atoms with van der Waals surface area (Å²) in [6.07, 6.45) is -3.93. The molecule has 2 aromatic rings. The molecule has 0 aliphatic carbocycles. The van der Waals surface area contributed by atoms with Gasteiger partial charge in [-0.25, -0.2) is 8.42 Å². The summed E-state index contributed by atoms with van der Waals surface area (Å²) in [5.74, 6) is -0.0924. The van der Waals surface area contributed by atoms with E-state index in [9.17, 15) is 26.4 Å². The molecule has 0 spiro atoms. The Morgan fingerprint density at radius 2 is 1.69 bits per heavy atom. The average Bonchev–Trinajstić information content (AvgIpc) is 3.16. The number of alkyl halides is 3. The van der Waals surface area contributed by atoms with E-state index in [-0.39, 0.29) is 42.0 Å². The molecule has 6 nitrogen and oxygen atoms in total. The van der Waals surface area contributed by atoms with Gasteiger partial charge in [0.05, 0.1) is 10.5 Å². The number of rotatable bonds is 3. The summed E-state index contributed by atoms with van der Waals surface area (Å²) >= 11 is 5.88. The maximum absolute atomic E-state index is 13.1. The molecule has 1 fully saturated rings. The highest BCUT2D eigenvalue weighted by Crippen LogP contribution is 2.35. The largest absolute Gasteiger partial charge is 0.416 e. The molecular weight excluding hydrogens is 467 g/mol. The number of nitrogens with zero attached hydrogens (tertiary/aromatic N) is 3. The van der Waals surface area contributed by atoms with Crippen LogP contribution in [0, 0.1) is 0 Å². The first-order chi connectivity index (χ1) is 15.0. The van der Waals surface area contributed by atoms with E-state index in [2.05, 4.69) is 0 Å². The molecule has 0 saturated carbocycles. The van der Waals surface area contributed by atoms with Crippen LogP contribution in [-0.2, 0) is 27.4 Å². The van der Waals surface area contributed by atoms with E-state index in [0.29, 0.717) is 18.7 Å². The SMILES string of the molecule is CC(=O)N1CCc2cc(S(=O)(=O)N3CCN(c4cc(Cl)cc(C(F)(F)F)c4)CC3)ccc21. The van der Waals surface area contributed by atoms with Gasteiger partial charge in [0, 0.05) is 56.0 Å². The number of piperazine rings is 1. The first-order valence-corrected chi connectivity index (χ1v) is 11.8. The molecule has 2 heterocycles. The normalized spacial score (nSPS) is 17.5. The highest BCUT2D eigenvalue weighted by molar-refractivity contribution is 7.89. The van der Waals surface area contributed by atoms with Crippen molar-refractivity contribution in [3.05, 3.63) is 52.5 Å². The molecule has 0 atom stereocenters. The van der Waals surface area contributed by atoms with Gasteiger partial charge in [0.25, 0.3) is 0 Å². The highest BCUT2D eigenvalue weighted by atomic mass is 35.5. The van der Waals surface area contributed by atoms with Crippen molar-refractivity contribution in [1.82, 2.24) is 4.31 Å². The molecule has 0 aromatic heterocycles. The van der Waals surface area contributed by atoms with Crippen molar-refractivity contribution in [3.63, 3.8) is 0 Å². The van der Waals surface area contributed by atoms with Gasteiger partial charge in [-0.05, 0) is 48.4 Å². The van der Waals surface area contributed by atoms with Crippen LogP contribution in [0.3, 0.4) is 0 Å². The van der Waals surface area contributed by atoms with E-state index < -0.39 is 21.8 Å². The maximum atomic E-state index is 13.1. The lowest BCUT2D eigenvalue weighted by molar-refractivity contribution is -0.137. The number of benzene rings is 2. The fraction of sp³-hybridized carbons (Fsp3) is 0.381. The Morgan fingerprint density at radius 3 is 2.31 bits per heavy atom. The van der Waals surface area contributed by atoms with Crippen molar-refractivity contribution in [3.8, 4) is 0 Å². The van der Waals surface area contributed by atoms with Gasteiger partial charge in [-0.1, -0.05) is 11.6 Å². The number of sulfonamides is 1. The minimum atomic E-state index is -4.52. The number of carbonyl (C=O) groups excluding carboxylic acids is 1. The molecule has 0 N–H and O–H groups in total. The first kappa shape index (κ1) is 22.9. The van der Waals surface area contributed by atoms with Crippen LogP contribution in [0.15, 0.2) is 41.3 Å². The van der Waals surface area contributed by atoms with Gasteiger partial charge in [-0.3, -0.25) is 4.79 Å². The minimum Gasteiger partial charge on any atom is -0.369 e.